The van der Waals surface area contributed by atoms with Crippen molar-refractivity contribution >= 4 is 0 Å². The Morgan fingerprint density at radius 1 is 1.27 bits per heavy atom. The second-order valence-corrected chi connectivity index (χ2v) is 4.46. The molecule has 0 aromatic carbocycles. The second-order valence-electron chi connectivity index (χ2n) is 4.46. The van der Waals surface area contributed by atoms with Crippen LogP contribution in [-0.4, -0.2) is 20.2 Å². The first-order valence-corrected chi connectivity index (χ1v) is 5.99. The maximum atomic E-state index is 4.07. The number of rotatable bonds is 7. The van der Waals surface area contributed by atoms with Gasteiger partial charge in [-0.3, -0.25) is 0 Å². The fraction of sp³-hybridized carbons (Fsp3) is 0.909. The molecule has 0 spiro atoms. The molecule has 0 saturated heterocycles. The molecule has 1 heterocycles. The minimum atomic E-state index is 0.714. The van der Waals surface area contributed by atoms with E-state index >= 15 is 0 Å². The van der Waals surface area contributed by atoms with Gasteiger partial charge in [-0.2, -0.15) is 0 Å². The first kappa shape index (κ1) is 12.1. The van der Waals surface area contributed by atoms with E-state index in [-0.39, 0.29) is 0 Å². The minimum Gasteiger partial charge on any atom is -0.230 e. The summed E-state index contributed by atoms with van der Waals surface area (Å²) in [6.07, 6.45) is 5.83. The number of aryl methyl sites for hydroxylation is 2. The molecule has 0 aliphatic rings. The summed E-state index contributed by atoms with van der Waals surface area (Å²) < 4.78 is 1.96. The highest BCUT2D eigenvalue weighted by molar-refractivity contribution is 4.81. The SMILES string of the molecule is CCCCCn1nnnc1CCC(C)C. The van der Waals surface area contributed by atoms with Crippen LogP contribution in [0.3, 0.4) is 0 Å². The molecule has 0 unspecified atom stereocenters. The van der Waals surface area contributed by atoms with E-state index in [2.05, 4.69) is 36.3 Å². The Morgan fingerprint density at radius 3 is 2.73 bits per heavy atom. The Labute approximate surface area is 92.1 Å². The summed E-state index contributed by atoms with van der Waals surface area (Å²) in [5.41, 5.74) is 0. The molecular formula is C11H22N4. The molecule has 0 aliphatic carbocycles. The average molecular weight is 210 g/mol. The molecule has 0 saturated carbocycles. The third-order valence-corrected chi connectivity index (χ3v) is 2.52. The molecule has 1 aromatic heterocycles. The summed E-state index contributed by atoms with van der Waals surface area (Å²) in [7, 11) is 0. The van der Waals surface area contributed by atoms with Crippen LogP contribution in [-0.2, 0) is 13.0 Å². The van der Waals surface area contributed by atoms with E-state index in [1.165, 1.54) is 19.3 Å². The molecule has 15 heavy (non-hydrogen) atoms. The van der Waals surface area contributed by atoms with Crippen LogP contribution in [0.25, 0.3) is 0 Å². The summed E-state index contributed by atoms with van der Waals surface area (Å²) in [6.45, 7) is 7.63. The predicted molar refractivity (Wildman–Crippen MR) is 60.5 cm³/mol. The zero-order chi connectivity index (χ0) is 11.1. The van der Waals surface area contributed by atoms with E-state index in [1.54, 1.807) is 0 Å². The van der Waals surface area contributed by atoms with E-state index in [4.69, 9.17) is 0 Å². The zero-order valence-corrected chi connectivity index (χ0v) is 10.1. The van der Waals surface area contributed by atoms with Gasteiger partial charge in [0.05, 0.1) is 0 Å². The molecule has 0 bridgehead atoms. The summed E-state index contributed by atoms with van der Waals surface area (Å²) in [4.78, 5) is 0. The van der Waals surface area contributed by atoms with Crippen LogP contribution < -0.4 is 0 Å². The highest BCUT2D eigenvalue weighted by atomic mass is 15.5. The summed E-state index contributed by atoms with van der Waals surface area (Å²) in [5, 5.41) is 11.8. The lowest BCUT2D eigenvalue weighted by Crippen LogP contribution is -2.07. The summed E-state index contributed by atoms with van der Waals surface area (Å²) >= 11 is 0. The van der Waals surface area contributed by atoms with Crippen LogP contribution in [0.1, 0.15) is 52.3 Å². The minimum absolute atomic E-state index is 0.714. The lowest BCUT2D eigenvalue weighted by Gasteiger charge is -2.05. The van der Waals surface area contributed by atoms with Crippen molar-refractivity contribution in [2.45, 2.75) is 59.4 Å². The first-order valence-electron chi connectivity index (χ1n) is 5.99. The fourth-order valence-corrected chi connectivity index (χ4v) is 1.51. The van der Waals surface area contributed by atoms with Gasteiger partial charge in [-0.05, 0) is 29.2 Å². The standard InChI is InChI=1S/C11H22N4/c1-4-5-6-9-15-11(12-13-14-15)8-7-10(2)3/h10H,4-9H2,1-3H3. The van der Waals surface area contributed by atoms with E-state index in [1.807, 2.05) is 4.68 Å². The van der Waals surface area contributed by atoms with E-state index < -0.39 is 0 Å². The maximum absolute atomic E-state index is 4.07. The Balaban J connectivity index is 2.39. The molecule has 4 nitrogen and oxygen atoms in total. The van der Waals surface area contributed by atoms with Gasteiger partial charge in [-0.25, -0.2) is 4.68 Å². The molecule has 0 radical (unpaired) electrons. The Morgan fingerprint density at radius 2 is 2.07 bits per heavy atom. The normalized spacial score (nSPS) is 11.2. The number of hydrogen-bond donors (Lipinski definition) is 0. The topological polar surface area (TPSA) is 43.6 Å². The van der Waals surface area contributed by atoms with Gasteiger partial charge in [0.2, 0.25) is 0 Å². The molecule has 0 amide bonds. The van der Waals surface area contributed by atoms with Gasteiger partial charge in [0.1, 0.15) is 0 Å². The van der Waals surface area contributed by atoms with Crippen molar-refractivity contribution in [2.24, 2.45) is 5.92 Å². The smallest absolute Gasteiger partial charge is 0.151 e. The maximum Gasteiger partial charge on any atom is 0.151 e. The van der Waals surface area contributed by atoms with Crippen LogP contribution in [0, 0.1) is 5.92 Å². The molecule has 0 atom stereocenters. The highest BCUT2D eigenvalue weighted by Gasteiger charge is 2.06. The second kappa shape index (κ2) is 6.53. The van der Waals surface area contributed by atoms with Gasteiger partial charge >= 0.3 is 0 Å². The van der Waals surface area contributed by atoms with Crippen molar-refractivity contribution in [3.8, 4) is 0 Å². The molecule has 1 rings (SSSR count). The molecule has 86 valence electrons. The van der Waals surface area contributed by atoms with Gasteiger partial charge in [-0.1, -0.05) is 33.6 Å². The third-order valence-electron chi connectivity index (χ3n) is 2.52. The lowest BCUT2D eigenvalue weighted by atomic mass is 10.1. The van der Waals surface area contributed by atoms with E-state index in [0.29, 0.717) is 5.92 Å². The van der Waals surface area contributed by atoms with Gasteiger partial charge in [0.15, 0.2) is 5.82 Å². The Kier molecular flexibility index (Phi) is 5.29. The summed E-state index contributed by atoms with van der Waals surface area (Å²) in [5.74, 6) is 1.76. The number of nitrogens with zero attached hydrogens (tertiary/aromatic N) is 4. The zero-order valence-electron chi connectivity index (χ0n) is 10.1. The number of hydrogen-bond acceptors (Lipinski definition) is 3. The van der Waals surface area contributed by atoms with Crippen molar-refractivity contribution in [2.75, 3.05) is 0 Å². The van der Waals surface area contributed by atoms with Crippen molar-refractivity contribution in [3.05, 3.63) is 5.82 Å². The van der Waals surface area contributed by atoms with Gasteiger partial charge in [0.25, 0.3) is 0 Å². The van der Waals surface area contributed by atoms with E-state index in [0.717, 1.165) is 25.2 Å². The van der Waals surface area contributed by atoms with Gasteiger partial charge < -0.3 is 0 Å². The molecule has 0 aliphatic heterocycles. The van der Waals surface area contributed by atoms with Crippen molar-refractivity contribution in [1.29, 1.82) is 0 Å². The van der Waals surface area contributed by atoms with Crippen LogP contribution in [0.2, 0.25) is 0 Å². The third kappa shape index (κ3) is 4.40. The van der Waals surface area contributed by atoms with Crippen LogP contribution in [0.5, 0.6) is 0 Å². The molecule has 0 fully saturated rings. The molecular weight excluding hydrogens is 188 g/mol. The monoisotopic (exact) mass is 210 g/mol. The Bertz CT molecular complexity index is 267. The van der Waals surface area contributed by atoms with Crippen molar-refractivity contribution in [3.63, 3.8) is 0 Å². The number of tetrazole rings is 1. The lowest BCUT2D eigenvalue weighted by molar-refractivity contribution is 0.500. The van der Waals surface area contributed by atoms with Crippen LogP contribution in [0.15, 0.2) is 0 Å². The van der Waals surface area contributed by atoms with Crippen LogP contribution >= 0.6 is 0 Å². The van der Waals surface area contributed by atoms with Gasteiger partial charge in [0, 0.05) is 13.0 Å². The van der Waals surface area contributed by atoms with E-state index in [9.17, 15) is 0 Å². The quantitative estimate of drug-likeness (QED) is 0.649. The number of aromatic nitrogens is 4. The molecule has 1 aromatic rings. The number of unbranched alkanes of at least 4 members (excludes halogenated alkanes) is 2. The molecule has 0 N–H and O–H groups in total. The molecule has 4 heteroatoms. The summed E-state index contributed by atoms with van der Waals surface area (Å²) in [6, 6.07) is 0. The fourth-order valence-electron chi connectivity index (χ4n) is 1.51. The van der Waals surface area contributed by atoms with Crippen LogP contribution in [0.4, 0.5) is 0 Å². The highest BCUT2D eigenvalue weighted by Crippen LogP contribution is 2.06. The average Bonchev–Trinajstić information content (AvgIpc) is 2.63. The van der Waals surface area contributed by atoms with Crippen molar-refractivity contribution in [1.82, 2.24) is 20.2 Å². The predicted octanol–water partition coefficient (Wildman–Crippen LogP) is 2.45. The van der Waals surface area contributed by atoms with Gasteiger partial charge in [-0.15, -0.1) is 5.10 Å². The largest absolute Gasteiger partial charge is 0.230 e. The van der Waals surface area contributed by atoms with Crippen molar-refractivity contribution < 1.29 is 0 Å². The first-order chi connectivity index (χ1) is 7.24. The Hall–Kier alpha value is -0.930.